The maximum atomic E-state index is 4.07. The summed E-state index contributed by atoms with van der Waals surface area (Å²) in [7, 11) is 0. The third kappa shape index (κ3) is 8.97. The van der Waals surface area contributed by atoms with Gasteiger partial charge in [0.25, 0.3) is 0 Å². The van der Waals surface area contributed by atoms with Crippen molar-refractivity contribution in [3.8, 4) is 0 Å². The molecule has 3 heteroatoms. The number of hydrogen-bond donors (Lipinski definition) is 3. The van der Waals surface area contributed by atoms with Crippen LogP contribution in [-0.2, 0) is 0 Å². The lowest BCUT2D eigenvalue weighted by Crippen LogP contribution is -2.51. The fraction of sp³-hybridized carbons (Fsp3) is 1.00. The molecule has 31 heavy (non-hydrogen) atoms. The summed E-state index contributed by atoms with van der Waals surface area (Å²) < 4.78 is 0. The van der Waals surface area contributed by atoms with Gasteiger partial charge >= 0.3 is 0 Å². The SMILES string of the molecule is CCC1CCC(C)C(C)C(C)(C)CNCC1NC(C)CC(C)CNC(CC)(CC)CC. The Kier molecular flexibility index (Phi) is 12.6. The highest BCUT2D eigenvalue weighted by Crippen LogP contribution is 2.36. The minimum absolute atomic E-state index is 0.332. The minimum atomic E-state index is 0.332. The molecular weight excluding hydrogens is 378 g/mol. The average molecular weight is 438 g/mol. The summed E-state index contributed by atoms with van der Waals surface area (Å²) in [5.41, 5.74) is 0.693. The van der Waals surface area contributed by atoms with Gasteiger partial charge < -0.3 is 16.0 Å². The molecular formula is C28H59N3. The predicted molar refractivity (Wildman–Crippen MR) is 140 cm³/mol. The zero-order valence-corrected chi connectivity index (χ0v) is 23.0. The van der Waals surface area contributed by atoms with Crippen LogP contribution in [-0.4, -0.2) is 37.3 Å². The summed E-state index contributed by atoms with van der Waals surface area (Å²) in [6.45, 7) is 27.4. The van der Waals surface area contributed by atoms with Gasteiger partial charge in [0.1, 0.15) is 0 Å². The van der Waals surface area contributed by atoms with E-state index in [1.54, 1.807) is 0 Å². The molecule has 1 aliphatic rings. The van der Waals surface area contributed by atoms with Crippen molar-refractivity contribution < 1.29 is 0 Å². The molecule has 1 rings (SSSR count). The molecule has 0 amide bonds. The van der Waals surface area contributed by atoms with E-state index >= 15 is 0 Å². The van der Waals surface area contributed by atoms with E-state index in [9.17, 15) is 0 Å². The Bertz CT molecular complexity index is 463. The molecule has 0 spiro atoms. The van der Waals surface area contributed by atoms with Crippen molar-refractivity contribution in [3.05, 3.63) is 0 Å². The smallest absolute Gasteiger partial charge is 0.0223 e. The van der Waals surface area contributed by atoms with Crippen LogP contribution < -0.4 is 16.0 Å². The molecule has 0 aromatic heterocycles. The maximum absolute atomic E-state index is 4.07. The van der Waals surface area contributed by atoms with E-state index in [1.165, 1.54) is 44.9 Å². The van der Waals surface area contributed by atoms with Crippen molar-refractivity contribution in [1.29, 1.82) is 0 Å². The van der Waals surface area contributed by atoms with Crippen LogP contribution in [0, 0.1) is 29.1 Å². The van der Waals surface area contributed by atoms with Crippen LogP contribution >= 0.6 is 0 Å². The summed E-state index contributed by atoms with van der Waals surface area (Å²) in [6, 6.07) is 1.14. The molecule has 0 radical (unpaired) electrons. The normalized spacial score (nSPS) is 30.0. The quantitative estimate of drug-likeness (QED) is 0.340. The molecule has 3 nitrogen and oxygen atoms in total. The first-order valence-electron chi connectivity index (χ1n) is 13.8. The Labute approximate surface area is 196 Å². The largest absolute Gasteiger partial charge is 0.315 e. The van der Waals surface area contributed by atoms with Gasteiger partial charge in [0.2, 0.25) is 0 Å². The predicted octanol–water partition coefficient (Wildman–Crippen LogP) is 6.63. The van der Waals surface area contributed by atoms with Gasteiger partial charge in [0, 0.05) is 30.7 Å². The van der Waals surface area contributed by atoms with Gasteiger partial charge in [-0.3, -0.25) is 0 Å². The molecule has 0 aromatic carbocycles. The van der Waals surface area contributed by atoms with E-state index < -0.39 is 0 Å². The van der Waals surface area contributed by atoms with E-state index in [0.29, 0.717) is 29.0 Å². The van der Waals surface area contributed by atoms with Crippen LogP contribution in [0.4, 0.5) is 0 Å². The van der Waals surface area contributed by atoms with Crippen molar-refractivity contribution in [3.63, 3.8) is 0 Å². The van der Waals surface area contributed by atoms with Crippen LogP contribution in [0.1, 0.15) is 114 Å². The minimum Gasteiger partial charge on any atom is -0.315 e. The highest BCUT2D eigenvalue weighted by atomic mass is 15.0. The summed E-state index contributed by atoms with van der Waals surface area (Å²) in [5, 5.41) is 11.9. The lowest BCUT2D eigenvalue weighted by atomic mass is 9.70. The second kappa shape index (κ2) is 13.6. The van der Waals surface area contributed by atoms with Gasteiger partial charge in [-0.15, -0.1) is 0 Å². The van der Waals surface area contributed by atoms with Crippen LogP contribution in [0.5, 0.6) is 0 Å². The average Bonchev–Trinajstić information content (AvgIpc) is 2.73. The van der Waals surface area contributed by atoms with Gasteiger partial charge in [0.15, 0.2) is 0 Å². The van der Waals surface area contributed by atoms with Crippen molar-refractivity contribution in [1.82, 2.24) is 16.0 Å². The molecule has 1 heterocycles. The molecule has 0 bridgehead atoms. The second-order valence-electron chi connectivity index (χ2n) is 11.9. The molecule has 3 N–H and O–H groups in total. The summed E-state index contributed by atoms with van der Waals surface area (Å²) >= 11 is 0. The van der Waals surface area contributed by atoms with Gasteiger partial charge in [-0.1, -0.05) is 75.2 Å². The Balaban J connectivity index is 2.67. The van der Waals surface area contributed by atoms with Gasteiger partial charge in [-0.05, 0) is 74.7 Å². The third-order valence-corrected chi connectivity index (χ3v) is 9.23. The van der Waals surface area contributed by atoms with Crippen molar-refractivity contribution in [2.75, 3.05) is 19.6 Å². The highest BCUT2D eigenvalue weighted by Gasteiger charge is 2.33. The lowest BCUT2D eigenvalue weighted by Gasteiger charge is -2.40. The topological polar surface area (TPSA) is 36.1 Å². The molecule has 0 saturated carbocycles. The summed E-state index contributed by atoms with van der Waals surface area (Å²) in [4.78, 5) is 0. The molecule has 186 valence electrons. The molecule has 1 fully saturated rings. The van der Waals surface area contributed by atoms with E-state index in [0.717, 1.165) is 37.4 Å². The monoisotopic (exact) mass is 437 g/mol. The van der Waals surface area contributed by atoms with Gasteiger partial charge in [-0.2, -0.15) is 0 Å². The van der Waals surface area contributed by atoms with E-state index in [2.05, 4.69) is 85.2 Å². The highest BCUT2D eigenvalue weighted by molar-refractivity contribution is 4.88. The Morgan fingerprint density at radius 1 is 1.00 bits per heavy atom. The molecule has 6 atom stereocenters. The fourth-order valence-corrected chi connectivity index (χ4v) is 5.90. The Morgan fingerprint density at radius 2 is 1.61 bits per heavy atom. The maximum Gasteiger partial charge on any atom is 0.0223 e. The zero-order valence-electron chi connectivity index (χ0n) is 23.0. The molecule has 6 unspecified atom stereocenters. The number of nitrogens with one attached hydrogen (secondary N) is 3. The Hall–Kier alpha value is -0.120. The Morgan fingerprint density at radius 3 is 2.16 bits per heavy atom. The summed E-state index contributed by atoms with van der Waals surface area (Å²) in [5.74, 6) is 3.02. The second-order valence-corrected chi connectivity index (χ2v) is 11.9. The number of hydrogen-bond acceptors (Lipinski definition) is 3. The number of rotatable bonds is 11. The standard InChI is InChI=1S/C28H59N3/c1-11-25-16-15-22(6)24(8)27(9,10)20-29-19-26(25)31-23(7)17-21(5)18-30-28(12-2,13-3)14-4/h21-26,29-31H,11-20H2,1-10H3. The van der Waals surface area contributed by atoms with Crippen molar-refractivity contribution in [2.45, 2.75) is 132 Å². The molecule has 1 saturated heterocycles. The first kappa shape index (κ1) is 28.9. The first-order chi connectivity index (χ1) is 14.5. The molecule has 0 aromatic rings. The van der Waals surface area contributed by atoms with Crippen LogP contribution in [0.2, 0.25) is 0 Å². The van der Waals surface area contributed by atoms with Crippen LogP contribution in [0.15, 0.2) is 0 Å². The van der Waals surface area contributed by atoms with E-state index in [1.807, 2.05) is 0 Å². The fourth-order valence-electron chi connectivity index (χ4n) is 5.90. The van der Waals surface area contributed by atoms with Gasteiger partial charge in [-0.25, -0.2) is 0 Å². The van der Waals surface area contributed by atoms with Crippen molar-refractivity contribution in [2.24, 2.45) is 29.1 Å². The zero-order chi connectivity index (χ0) is 23.7. The third-order valence-electron chi connectivity index (χ3n) is 9.23. The van der Waals surface area contributed by atoms with E-state index in [4.69, 9.17) is 0 Å². The van der Waals surface area contributed by atoms with Gasteiger partial charge in [0.05, 0.1) is 0 Å². The first-order valence-corrected chi connectivity index (χ1v) is 13.8. The van der Waals surface area contributed by atoms with Crippen molar-refractivity contribution >= 4 is 0 Å². The van der Waals surface area contributed by atoms with E-state index in [-0.39, 0.29) is 0 Å². The van der Waals surface area contributed by atoms with Crippen LogP contribution in [0.25, 0.3) is 0 Å². The molecule has 0 aliphatic carbocycles. The molecule has 1 aliphatic heterocycles. The summed E-state index contributed by atoms with van der Waals surface area (Å²) in [6.07, 6.45) is 8.90. The van der Waals surface area contributed by atoms with Crippen LogP contribution in [0.3, 0.4) is 0 Å². The lowest BCUT2D eigenvalue weighted by molar-refractivity contribution is 0.130.